The van der Waals surface area contributed by atoms with E-state index in [0.717, 1.165) is 64.2 Å². The Morgan fingerprint density at radius 2 is 1.34 bits per heavy atom. The van der Waals surface area contributed by atoms with Crippen molar-refractivity contribution in [3.05, 3.63) is 12.2 Å². The van der Waals surface area contributed by atoms with Crippen LogP contribution in [0.2, 0.25) is 0 Å². The monoisotopic (exact) mass is 563 g/mol. The number of ether oxygens (including phenoxy) is 1. The molecular weight excluding hydrogens is 509 g/mol. The number of unbranched alkanes of at least 4 members (excludes halogenated alkanes) is 12. The molecule has 10 heteroatoms. The van der Waals surface area contributed by atoms with E-state index in [4.69, 9.17) is 13.8 Å². The Hall–Kier alpha value is -1.25. The van der Waals surface area contributed by atoms with Crippen LogP contribution in [0.1, 0.15) is 123 Å². The average molecular weight is 564 g/mol. The minimum Gasteiger partial charge on any atom is -0.463 e. The summed E-state index contributed by atoms with van der Waals surface area (Å²) in [7, 11) is -4.38. The van der Waals surface area contributed by atoms with Crippen molar-refractivity contribution in [2.75, 3.05) is 26.4 Å². The summed E-state index contributed by atoms with van der Waals surface area (Å²) in [5.41, 5.74) is 0. The van der Waals surface area contributed by atoms with Crippen molar-refractivity contribution in [1.29, 1.82) is 0 Å². The minimum atomic E-state index is -4.38. The first-order valence-corrected chi connectivity index (χ1v) is 16.2. The first kappa shape index (κ1) is 36.8. The van der Waals surface area contributed by atoms with E-state index in [1.54, 1.807) is 0 Å². The molecular formula is C28H54NO8P. The van der Waals surface area contributed by atoms with Crippen molar-refractivity contribution in [1.82, 2.24) is 5.32 Å². The van der Waals surface area contributed by atoms with Crippen LogP contribution in [0, 0.1) is 0 Å². The summed E-state index contributed by atoms with van der Waals surface area (Å²) < 4.78 is 26.4. The maximum absolute atomic E-state index is 11.9. The molecule has 9 nitrogen and oxygen atoms in total. The summed E-state index contributed by atoms with van der Waals surface area (Å²) in [6, 6.07) is 0. The molecule has 38 heavy (non-hydrogen) atoms. The number of carbonyl (C=O) groups excluding carboxylic acids is 2. The molecule has 0 bridgehead atoms. The second-order valence-electron chi connectivity index (χ2n) is 9.72. The van der Waals surface area contributed by atoms with Crippen LogP contribution in [-0.2, 0) is 27.9 Å². The number of nitrogens with one attached hydrogen (secondary N) is 1. The largest absolute Gasteiger partial charge is 0.472 e. The third-order valence-electron chi connectivity index (χ3n) is 5.95. The van der Waals surface area contributed by atoms with Crippen molar-refractivity contribution in [2.45, 2.75) is 129 Å². The Labute approximate surface area is 230 Å². The summed E-state index contributed by atoms with van der Waals surface area (Å²) >= 11 is 0. The van der Waals surface area contributed by atoms with E-state index in [1.165, 1.54) is 32.1 Å². The fraction of sp³-hybridized carbons (Fsp3) is 0.857. The van der Waals surface area contributed by atoms with Gasteiger partial charge in [0.1, 0.15) is 12.7 Å². The Morgan fingerprint density at radius 1 is 0.789 bits per heavy atom. The highest BCUT2D eigenvalue weighted by atomic mass is 31.2. The zero-order valence-corrected chi connectivity index (χ0v) is 24.8. The molecule has 0 aliphatic rings. The maximum atomic E-state index is 11.9. The van der Waals surface area contributed by atoms with Gasteiger partial charge in [0.05, 0.1) is 13.2 Å². The molecule has 3 N–H and O–H groups in total. The van der Waals surface area contributed by atoms with E-state index < -0.39 is 26.5 Å². The molecule has 0 rings (SSSR count). The van der Waals surface area contributed by atoms with Crippen molar-refractivity contribution in [3.63, 3.8) is 0 Å². The van der Waals surface area contributed by atoms with Gasteiger partial charge in [-0.15, -0.1) is 0 Å². The molecule has 224 valence electrons. The molecule has 0 aromatic carbocycles. The van der Waals surface area contributed by atoms with Gasteiger partial charge in [-0.1, -0.05) is 83.8 Å². The molecule has 0 aromatic rings. The summed E-state index contributed by atoms with van der Waals surface area (Å²) in [5, 5.41) is 12.5. The van der Waals surface area contributed by atoms with Crippen molar-refractivity contribution in [3.8, 4) is 0 Å². The molecule has 0 aliphatic heterocycles. The third-order valence-corrected chi connectivity index (χ3v) is 6.93. The highest BCUT2D eigenvalue weighted by Gasteiger charge is 2.23. The number of amides is 1. The Morgan fingerprint density at radius 3 is 2.00 bits per heavy atom. The molecule has 2 atom stereocenters. The Bertz CT molecular complexity index is 659. The van der Waals surface area contributed by atoms with E-state index in [9.17, 15) is 24.2 Å². The van der Waals surface area contributed by atoms with Gasteiger partial charge in [0.2, 0.25) is 5.91 Å². The zero-order valence-electron chi connectivity index (χ0n) is 23.9. The molecule has 0 aromatic heterocycles. The molecule has 0 heterocycles. The third kappa shape index (κ3) is 26.4. The van der Waals surface area contributed by atoms with Crippen LogP contribution in [0.15, 0.2) is 12.2 Å². The number of rotatable bonds is 27. The topological polar surface area (TPSA) is 131 Å². The normalized spacial score (nSPS) is 13.9. The lowest BCUT2D eigenvalue weighted by Gasteiger charge is -2.15. The summed E-state index contributed by atoms with van der Waals surface area (Å²) in [4.78, 5) is 33.2. The van der Waals surface area contributed by atoms with Crippen molar-refractivity contribution < 1.29 is 37.9 Å². The van der Waals surface area contributed by atoms with Gasteiger partial charge < -0.3 is 20.1 Å². The van der Waals surface area contributed by atoms with Gasteiger partial charge in [-0.25, -0.2) is 4.57 Å². The number of phosphoric ester groups is 1. The number of aliphatic hydroxyl groups is 1. The van der Waals surface area contributed by atoms with Gasteiger partial charge >= 0.3 is 13.8 Å². The first-order valence-electron chi connectivity index (χ1n) is 14.7. The molecule has 0 saturated heterocycles. The van der Waals surface area contributed by atoms with Gasteiger partial charge in [-0.3, -0.25) is 18.6 Å². The second-order valence-corrected chi connectivity index (χ2v) is 11.2. The van der Waals surface area contributed by atoms with Gasteiger partial charge in [0.25, 0.3) is 0 Å². The van der Waals surface area contributed by atoms with Crippen LogP contribution in [0.25, 0.3) is 0 Å². The van der Waals surface area contributed by atoms with Gasteiger partial charge in [-0.05, 0) is 38.5 Å². The van der Waals surface area contributed by atoms with Crippen LogP contribution in [0.4, 0.5) is 0 Å². The standard InChI is InChI=1S/C28H54NO8P/c1-3-5-7-9-10-11-12-13-14-15-16-17-19-21-28(32)35-24-26(30)25-37-38(33,34)36-23-22-29-27(31)20-18-8-6-4-2/h11-12,26,30H,3-10,13-25H2,1-2H3,(H,29,31)(H,33,34)/b12-11-. The molecule has 0 aliphatic carbocycles. The van der Waals surface area contributed by atoms with Crippen LogP contribution >= 0.6 is 7.82 Å². The van der Waals surface area contributed by atoms with Crippen molar-refractivity contribution >= 4 is 19.7 Å². The number of hydrogen-bond donors (Lipinski definition) is 3. The predicted octanol–water partition coefficient (Wildman–Crippen LogP) is 6.37. The van der Waals surface area contributed by atoms with Gasteiger partial charge in [0.15, 0.2) is 0 Å². The Kier molecular flexibility index (Phi) is 25.1. The van der Waals surface area contributed by atoms with E-state index >= 15 is 0 Å². The molecule has 0 radical (unpaired) electrons. The molecule has 0 fully saturated rings. The number of carbonyl (C=O) groups is 2. The molecule has 0 spiro atoms. The van der Waals surface area contributed by atoms with Crippen LogP contribution in [0.5, 0.6) is 0 Å². The fourth-order valence-corrected chi connectivity index (χ4v) is 4.42. The fourth-order valence-electron chi connectivity index (χ4n) is 3.67. The van der Waals surface area contributed by atoms with E-state index in [1.807, 2.05) is 0 Å². The molecule has 1 amide bonds. The van der Waals surface area contributed by atoms with Crippen LogP contribution in [-0.4, -0.2) is 54.3 Å². The predicted molar refractivity (Wildman–Crippen MR) is 151 cm³/mol. The molecule has 2 unspecified atom stereocenters. The number of hydrogen-bond acceptors (Lipinski definition) is 7. The van der Waals surface area contributed by atoms with Gasteiger partial charge in [-0.2, -0.15) is 0 Å². The summed E-state index contributed by atoms with van der Waals surface area (Å²) in [6.07, 6.45) is 20.5. The van der Waals surface area contributed by atoms with E-state index in [0.29, 0.717) is 6.42 Å². The van der Waals surface area contributed by atoms with E-state index in [-0.39, 0.29) is 32.1 Å². The lowest BCUT2D eigenvalue weighted by atomic mass is 10.1. The maximum Gasteiger partial charge on any atom is 0.472 e. The zero-order chi connectivity index (χ0) is 28.3. The van der Waals surface area contributed by atoms with Crippen LogP contribution < -0.4 is 5.32 Å². The Balaban J connectivity index is 3.67. The number of esters is 1. The smallest absolute Gasteiger partial charge is 0.463 e. The summed E-state index contributed by atoms with van der Waals surface area (Å²) in [6.45, 7) is 3.36. The minimum absolute atomic E-state index is 0.0803. The van der Waals surface area contributed by atoms with Gasteiger partial charge in [0, 0.05) is 19.4 Å². The number of allylic oxidation sites excluding steroid dienone is 2. The lowest BCUT2D eigenvalue weighted by Crippen LogP contribution is -2.27. The number of phosphoric acid groups is 1. The number of aliphatic hydroxyl groups excluding tert-OH is 1. The second kappa shape index (κ2) is 26.0. The average Bonchev–Trinajstić information content (AvgIpc) is 2.89. The quantitative estimate of drug-likeness (QED) is 0.0455. The van der Waals surface area contributed by atoms with Crippen molar-refractivity contribution in [2.24, 2.45) is 0 Å². The highest BCUT2D eigenvalue weighted by molar-refractivity contribution is 7.47. The molecule has 0 saturated carbocycles. The van der Waals surface area contributed by atoms with E-state index in [2.05, 4.69) is 31.3 Å². The highest BCUT2D eigenvalue weighted by Crippen LogP contribution is 2.42. The SMILES string of the molecule is CCCCCC/C=C\CCCCCCCC(=O)OCC(O)COP(=O)(O)OCCNC(=O)CCCCCC. The van der Waals surface area contributed by atoms with Crippen LogP contribution in [0.3, 0.4) is 0 Å². The lowest BCUT2D eigenvalue weighted by molar-refractivity contribution is -0.147. The first-order chi connectivity index (χ1) is 18.3. The summed E-state index contributed by atoms with van der Waals surface area (Å²) in [5.74, 6) is -0.546.